The Kier molecular flexibility index (Phi) is 4.40. The number of pyridine rings is 1. The second kappa shape index (κ2) is 7.17. The lowest BCUT2D eigenvalue weighted by Gasteiger charge is -2.07. The van der Waals surface area contributed by atoms with Crippen LogP contribution in [0.3, 0.4) is 0 Å². The summed E-state index contributed by atoms with van der Waals surface area (Å²) in [6.07, 6.45) is 5.09. The Morgan fingerprint density at radius 3 is 2.63 bits per heavy atom. The summed E-state index contributed by atoms with van der Waals surface area (Å²) in [4.78, 5) is 27.2. The second-order valence-corrected chi connectivity index (χ2v) is 5.89. The lowest BCUT2D eigenvalue weighted by molar-refractivity contribution is 0.0949. The van der Waals surface area contributed by atoms with Crippen molar-refractivity contribution in [1.29, 1.82) is 0 Å². The molecule has 0 saturated carbocycles. The van der Waals surface area contributed by atoms with E-state index >= 15 is 0 Å². The highest BCUT2D eigenvalue weighted by Crippen LogP contribution is 2.15. The Morgan fingerprint density at radius 1 is 1.11 bits per heavy atom. The van der Waals surface area contributed by atoms with Crippen LogP contribution in [0.2, 0.25) is 0 Å². The minimum Gasteiger partial charge on any atom is -0.463 e. The quantitative estimate of drug-likeness (QED) is 0.572. The zero-order valence-corrected chi connectivity index (χ0v) is 14.3. The van der Waals surface area contributed by atoms with E-state index in [0.717, 1.165) is 11.3 Å². The Labute approximate surface area is 154 Å². The lowest BCUT2D eigenvalue weighted by Crippen LogP contribution is -2.29. The van der Waals surface area contributed by atoms with Crippen molar-refractivity contribution in [3.05, 3.63) is 94.7 Å². The van der Waals surface area contributed by atoms with Crippen LogP contribution in [0.1, 0.15) is 15.9 Å². The van der Waals surface area contributed by atoms with E-state index in [0.29, 0.717) is 18.0 Å². The molecule has 27 heavy (non-hydrogen) atoms. The minimum absolute atomic E-state index is 0.0541. The number of aromatic amines is 1. The zero-order valence-electron chi connectivity index (χ0n) is 14.3. The van der Waals surface area contributed by atoms with E-state index in [-0.39, 0.29) is 5.56 Å². The fourth-order valence-electron chi connectivity index (χ4n) is 2.69. The van der Waals surface area contributed by atoms with E-state index in [4.69, 9.17) is 4.42 Å². The smallest absolute Gasteiger partial charge is 0.261 e. The highest BCUT2D eigenvalue weighted by molar-refractivity contribution is 5.94. The summed E-state index contributed by atoms with van der Waals surface area (Å²) in [5.74, 6) is 0.106. The summed E-state index contributed by atoms with van der Waals surface area (Å²) < 4.78 is 6.99. The molecular weight excluding hydrogens is 344 g/mol. The first-order valence-electron chi connectivity index (χ1n) is 8.35. The first kappa shape index (κ1) is 16.6. The van der Waals surface area contributed by atoms with Gasteiger partial charge in [-0.2, -0.15) is 5.10 Å². The summed E-state index contributed by atoms with van der Waals surface area (Å²) in [6, 6.07) is 16.1. The van der Waals surface area contributed by atoms with Crippen molar-refractivity contribution in [2.45, 2.75) is 6.54 Å². The first-order chi connectivity index (χ1) is 13.2. The van der Waals surface area contributed by atoms with Gasteiger partial charge in [-0.3, -0.25) is 9.59 Å². The standard InChI is InChI=1S/C20H16N4O3/c25-19(16-8-9-17(23-20(16)26)18-3-1-12-27-18)21-13-14-4-6-15(7-5-14)24-11-2-10-22-24/h1-12H,13H2,(H,21,25)(H,23,26). The second-order valence-electron chi connectivity index (χ2n) is 5.89. The molecule has 1 aromatic carbocycles. The van der Waals surface area contributed by atoms with Gasteiger partial charge in [-0.25, -0.2) is 4.68 Å². The molecule has 1 amide bonds. The number of hydrogen-bond acceptors (Lipinski definition) is 4. The van der Waals surface area contributed by atoms with Gasteiger partial charge in [0, 0.05) is 18.9 Å². The molecule has 4 aromatic rings. The van der Waals surface area contributed by atoms with Crippen LogP contribution in [0.5, 0.6) is 0 Å². The highest BCUT2D eigenvalue weighted by atomic mass is 16.3. The first-order valence-corrected chi connectivity index (χ1v) is 8.35. The fourth-order valence-corrected chi connectivity index (χ4v) is 2.69. The Balaban J connectivity index is 1.43. The fraction of sp³-hybridized carbons (Fsp3) is 0.0500. The predicted octanol–water partition coefficient (Wildman–Crippen LogP) is 2.75. The van der Waals surface area contributed by atoms with Gasteiger partial charge in [-0.15, -0.1) is 0 Å². The molecule has 0 aliphatic heterocycles. The van der Waals surface area contributed by atoms with Gasteiger partial charge in [0.25, 0.3) is 11.5 Å². The molecule has 3 heterocycles. The number of furan rings is 1. The van der Waals surface area contributed by atoms with E-state index in [1.165, 1.54) is 12.3 Å². The number of nitrogens with one attached hydrogen (secondary N) is 2. The Morgan fingerprint density at radius 2 is 1.96 bits per heavy atom. The lowest BCUT2D eigenvalue weighted by atomic mass is 10.2. The molecule has 3 aromatic heterocycles. The maximum atomic E-state index is 12.3. The number of benzene rings is 1. The van der Waals surface area contributed by atoms with Crippen molar-refractivity contribution in [3.63, 3.8) is 0 Å². The molecule has 2 N–H and O–H groups in total. The monoisotopic (exact) mass is 360 g/mol. The number of rotatable bonds is 5. The van der Waals surface area contributed by atoms with Crippen LogP contribution < -0.4 is 10.9 Å². The van der Waals surface area contributed by atoms with E-state index in [2.05, 4.69) is 15.4 Å². The molecule has 7 heteroatoms. The maximum absolute atomic E-state index is 12.3. The van der Waals surface area contributed by atoms with Gasteiger partial charge >= 0.3 is 0 Å². The summed E-state index contributed by atoms with van der Waals surface area (Å²) in [7, 11) is 0. The number of aromatic nitrogens is 3. The van der Waals surface area contributed by atoms with Crippen molar-refractivity contribution in [2.75, 3.05) is 0 Å². The molecule has 0 saturated heterocycles. The third kappa shape index (κ3) is 3.57. The summed E-state index contributed by atoms with van der Waals surface area (Å²) in [5.41, 5.74) is 1.97. The third-order valence-electron chi connectivity index (χ3n) is 4.10. The largest absolute Gasteiger partial charge is 0.463 e. The third-order valence-corrected chi connectivity index (χ3v) is 4.10. The van der Waals surface area contributed by atoms with Gasteiger partial charge < -0.3 is 14.7 Å². The van der Waals surface area contributed by atoms with Crippen LogP contribution in [0.4, 0.5) is 0 Å². The number of amides is 1. The van der Waals surface area contributed by atoms with Crippen molar-refractivity contribution >= 4 is 5.91 Å². The molecule has 0 atom stereocenters. The maximum Gasteiger partial charge on any atom is 0.261 e. The molecule has 7 nitrogen and oxygen atoms in total. The van der Waals surface area contributed by atoms with Gasteiger partial charge in [-0.1, -0.05) is 12.1 Å². The van der Waals surface area contributed by atoms with E-state index in [1.54, 1.807) is 29.1 Å². The minimum atomic E-state index is -0.463. The molecule has 0 aliphatic rings. The van der Waals surface area contributed by atoms with Crippen LogP contribution >= 0.6 is 0 Å². The van der Waals surface area contributed by atoms with Crippen molar-refractivity contribution in [1.82, 2.24) is 20.1 Å². The zero-order chi connectivity index (χ0) is 18.6. The molecule has 0 radical (unpaired) electrons. The van der Waals surface area contributed by atoms with Crippen LogP contribution in [0, 0.1) is 0 Å². The van der Waals surface area contributed by atoms with Gasteiger partial charge in [-0.05, 0) is 48.0 Å². The number of nitrogens with zero attached hydrogens (tertiary/aromatic N) is 2. The van der Waals surface area contributed by atoms with Crippen LogP contribution in [-0.4, -0.2) is 20.7 Å². The summed E-state index contributed by atoms with van der Waals surface area (Å²) in [6.45, 7) is 0.317. The molecule has 0 bridgehead atoms. The van der Waals surface area contributed by atoms with Gasteiger partial charge in [0.1, 0.15) is 11.3 Å². The number of carbonyl (C=O) groups is 1. The molecule has 0 unspecified atom stereocenters. The molecule has 4 rings (SSSR count). The molecular formula is C20H16N4O3. The number of H-pyrrole nitrogens is 1. The summed E-state index contributed by atoms with van der Waals surface area (Å²) in [5, 5.41) is 6.93. The topological polar surface area (TPSA) is 92.9 Å². The SMILES string of the molecule is O=C(NCc1ccc(-n2cccn2)cc1)c1ccc(-c2ccco2)[nH]c1=O. The van der Waals surface area contributed by atoms with Crippen molar-refractivity contribution in [3.8, 4) is 17.1 Å². The number of carbonyl (C=O) groups excluding carboxylic acids is 1. The van der Waals surface area contributed by atoms with Crippen molar-refractivity contribution in [2.24, 2.45) is 0 Å². The van der Waals surface area contributed by atoms with Gasteiger partial charge in [0.15, 0.2) is 0 Å². The van der Waals surface area contributed by atoms with Gasteiger partial charge in [0.05, 0.1) is 17.6 Å². The number of hydrogen-bond donors (Lipinski definition) is 2. The molecule has 0 fully saturated rings. The molecule has 134 valence electrons. The summed E-state index contributed by atoms with van der Waals surface area (Å²) >= 11 is 0. The average Bonchev–Trinajstić information content (AvgIpc) is 3.40. The van der Waals surface area contributed by atoms with E-state index in [9.17, 15) is 9.59 Å². The molecule has 0 aliphatic carbocycles. The van der Waals surface area contributed by atoms with Crippen molar-refractivity contribution < 1.29 is 9.21 Å². The Bertz CT molecular complexity index is 1100. The average molecular weight is 360 g/mol. The van der Waals surface area contributed by atoms with E-state index < -0.39 is 11.5 Å². The Hall–Kier alpha value is -3.87. The van der Waals surface area contributed by atoms with E-state index in [1.807, 2.05) is 36.5 Å². The van der Waals surface area contributed by atoms with Crippen LogP contribution in [0.15, 0.2) is 82.5 Å². The van der Waals surface area contributed by atoms with Crippen LogP contribution in [0.25, 0.3) is 17.1 Å². The normalized spacial score (nSPS) is 10.7. The molecule has 0 spiro atoms. The highest BCUT2D eigenvalue weighted by Gasteiger charge is 2.12. The predicted molar refractivity (Wildman–Crippen MR) is 99.5 cm³/mol. The van der Waals surface area contributed by atoms with Crippen LogP contribution in [-0.2, 0) is 6.54 Å². The van der Waals surface area contributed by atoms with Gasteiger partial charge in [0.2, 0.25) is 0 Å².